The number of benzene rings is 2. The van der Waals surface area contributed by atoms with E-state index in [4.69, 9.17) is 4.74 Å². The van der Waals surface area contributed by atoms with Gasteiger partial charge in [0.2, 0.25) is 5.88 Å². The first-order valence-electron chi connectivity index (χ1n) is 11.7. The van der Waals surface area contributed by atoms with Gasteiger partial charge in [-0.2, -0.15) is 0 Å². The van der Waals surface area contributed by atoms with Gasteiger partial charge in [0.15, 0.2) is 0 Å². The van der Waals surface area contributed by atoms with Crippen molar-refractivity contribution in [2.24, 2.45) is 0 Å². The van der Waals surface area contributed by atoms with Gasteiger partial charge in [0.1, 0.15) is 18.2 Å². The number of methoxy groups -OCH3 is 1. The Morgan fingerprint density at radius 2 is 1.84 bits per heavy atom. The summed E-state index contributed by atoms with van der Waals surface area (Å²) in [6, 6.07) is 15.4. The molecule has 0 saturated heterocycles. The number of fused-ring (bicyclic) bond motifs is 9. The normalized spacial score (nSPS) is 16.3. The number of pyridine rings is 2. The van der Waals surface area contributed by atoms with E-state index in [0.29, 0.717) is 23.4 Å². The smallest absolute Gasteiger partial charge is 0.262 e. The molecule has 190 valence electrons. The minimum absolute atomic E-state index is 0.0133. The van der Waals surface area contributed by atoms with E-state index in [1.165, 1.54) is 25.6 Å². The van der Waals surface area contributed by atoms with E-state index in [-0.39, 0.29) is 16.5 Å². The Morgan fingerprint density at radius 1 is 0.947 bits per heavy atom. The lowest BCUT2D eigenvalue weighted by atomic mass is 10.0. The van der Waals surface area contributed by atoms with Crippen LogP contribution in [0.2, 0.25) is 0 Å². The quantitative estimate of drug-likeness (QED) is 0.299. The second-order valence-electron chi connectivity index (χ2n) is 8.78. The van der Waals surface area contributed by atoms with Gasteiger partial charge < -0.3 is 9.84 Å². The zero-order valence-corrected chi connectivity index (χ0v) is 21.0. The minimum atomic E-state index is -4.03. The molecule has 5 aromatic rings. The van der Waals surface area contributed by atoms with E-state index < -0.39 is 16.3 Å². The number of hydrogen-bond acceptors (Lipinski definition) is 9. The van der Waals surface area contributed by atoms with E-state index in [2.05, 4.69) is 30.0 Å². The standard InChI is InChI=1S/C27H22N6O4S/c1-37-27-24-10-19(14-30-27)17-5-6-23-22(9-17)25(32-15-31-23)20-7-16(11-28-13-20)12-29-26(34)18-3-2-4-21(8-18)38(35,36)33-24/h2-11,13-15,26,29,33-34H,12H2,1H3. The molecule has 38 heavy (non-hydrogen) atoms. The van der Waals surface area contributed by atoms with Gasteiger partial charge >= 0.3 is 0 Å². The molecule has 1 aliphatic rings. The Balaban J connectivity index is 1.58. The molecule has 0 amide bonds. The maximum atomic E-state index is 13.3. The number of aliphatic hydroxyl groups is 1. The molecular weight excluding hydrogens is 504 g/mol. The second-order valence-corrected chi connectivity index (χ2v) is 10.5. The van der Waals surface area contributed by atoms with E-state index in [9.17, 15) is 13.5 Å². The lowest BCUT2D eigenvalue weighted by molar-refractivity contribution is 0.137. The fourth-order valence-electron chi connectivity index (χ4n) is 4.41. The maximum Gasteiger partial charge on any atom is 0.262 e. The topological polar surface area (TPSA) is 139 Å². The molecule has 0 saturated carbocycles. The summed E-state index contributed by atoms with van der Waals surface area (Å²) in [5, 5.41) is 14.6. The molecule has 10 nitrogen and oxygen atoms in total. The molecule has 8 bridgehead atoms. The van der Waals surface area contributed by atoms with Gasteiger partial charge in [-0.3, -0.25) is 15.0 Å². The van der Waals surface area contributed by atoms with Crippen LogP contribution in [0.4, 0.5) is 5.69 Å². The number of aromatic nitrogens is 4. The number of sulfonamides is 1. The fourth-order valence-corrected chi connectivity index (χ4v) is 5.52. The monoisotopic (exact) mass is 526 g/mol. The highest BCUT2D eigenvalue weighted by atomic mass is 32.2. The number of ether oxygens (including phenoxy) is 1. The Morgan fingerprint density at radius 3 is 2.71 bits per heavy atom. The van der Waals surface area contributed by atoms with Crippen LogP contribution in [0.15, 0.2) is 84.4 Å². The maximum absolute atomic E-state index is 13.3. The van der Waals surface area contributed by atoms with Crippen molar-refractivity contribution >= 4 is 26.6 Å². The van der Waals surface area contributed by atoms with Crippen molar-refractivity contribution in [2.45, 2.75) is 17.7 Å². The Kier molecular flexibility index (Phi) is 5.95. The fraction of sp³-hybridized carbons (Fsp3) is 0.111. The molecule has 1 aliphatic heterocycles. The van der Waals surface area contributed by atoms with Crippen molar-refractivity contribution in [2.75, 3.05) is 11.8 Å². The third-order valence-corrected chi connectivity index (χ3v) is 7.67. The van der Waals surface area contributed by atoms with Crippen molar-refractivity contribution < 1.29 is 18.3 Å². The molecular formula is C27H22N6O4S. The van der Waals surface area contributed by atoms with E-state index in [0.717, 1.165) is 27.6 Å². The number of rotatable bonds is 1. The third-order valence-electron chi connectivity index (χ3n) is 6.31. The van der Waals surface area contributed by atoms with E-state index in [1.54, 1.807) is 36.8 Å². The first kappa shape index (κ1) is 23.9. The third kappa shape index (κ3) is 4.43. The molecule has 0 aliphatic carbocycles. The van der Waals surface area contributed by atoms with Crippen LogP contribution < -0.4 is 14.8 Å². The predicted molar refractivity (Wildman–Crippen MR) is 142 cm³/mol. The summed E-state index contributed by atoms with van der Waals surface area (Å²) in [5.41, 5.74) is 5.09. The van der Waals surface area contributed by atoms with Crippen LogP contribution in [0.3, 0.4) is 0 Å². The molecule has 6 rings (SSSR count). The minimum Gasteiger partial charge on any atom is -0.480 e. The van der Waals surface area contributed by atoms with E-state index in [1.807, 2.05) is 24.3 Å². The Labute approximate surface area is 218 Å². The lowest BCUT2D eigenvalue weighted by Gasteiger charge is -2.17. The Bertz CT molecular complexity index is 1790. The number of anilines is 1. The van der Waals surface area contributed by atoms with E-state index >= 15 is 0 Å². The highest BCUT2D eigenvalue weighted by molar-refractivity contribution is 7.92. The van der Waals surface area contributed by atoms with Crippen LogP contribution >= 0.6 is 0 Å². The average molecular weight is 527 g/mol. The SMILES string of the molecule is COc1ncc2cc1NS(=O)(=O)c1cccc(c1)C(O)NCc1cncc(c1)-c1ncnc3ccc-2cc13. The van der Waals surface area contributed by atoms with Crippen LogP contribution in [-0.4, -0.2) is 40.6 Å². The molecule has 11 heteroatoms. The van der Waals surface area contributed by atoms with Crippen molar-refractivity contribution in [3.63, 3.8) is 0 Å². The predicted octanol–water partition coefficient (Wildman–Crippen LogP) is 3.66. The highest BCUT2D eigenvalue weighted by Gasteiger charge is 2.20. The zero-order valence-electron chi connectivity index (χ0n) is 20.2. The second kappa shape index (κ2) is 9.45. The average Bonchev–Trinajstić information content (AvgIpc) is 2.95. The lowest BCUT2D eigenvalue weighted by Crippen LogP contribution is -2.21. The molecule has 2 aromatic carbocycles. The first-order valence-corrected chi connectivity index (χ1v) is 13.2. The summed E-state index contributed by atoms with van der Waals surface area (Å²) in [6.07, 6.45) is 5.44. The number of nitrogens with zero attached hydrogens (tertiary/aromatic N) is 4. The number of aliphatic hydroxyl groups excluding tert-OH is 1. The largest absolute Gasteiger partial charge is 0.480 e. The first-order chi connectivity index (χ1) is 18.4. The molecule has 1 atom stereocenters. The molecule has 3 aromatic heterocycles. The zero-order chi connectivity index (χ0) is 26.3. The number of nitrogens with one attached hydrogen (secondary N) is 2. The molecule has 0 radical (unpaired) electrons. The molecule has 4 heterocycles. The highest BCUT2D eigenvalue weighted by Crippen LogP contribution is 2.34. The molecule has 3 N–H and O–H groups in total. The van der Waals surface area contributed by atoms with Gasteiger partial charge in [0.25, 0.3) is 10.0 Å². The molecule has 0 fully saturated rings. The summed E-state index contributed by atoms with van der Waals surface area (Å²) in [6.45, 7) is 0.291. The summed E-state index contributed by atoms with van der Waals surface area (Å²) < 4.78 is 34.6. The van der Waals surface area contributed by atoms with Gasteiger partial charge in [-0.05, 0) is 53.1 Å². The summed E-state index contributed by atoms with van der Waals surface area (Å²) in [5.74, 6) is 0.122. The van der Waals surface area contributed by atoms with Crippen LogP contribution in [0.1, 0.15) is 17.4 Å². The van der Waals surface area contributed by atoms with Gasteiger partial charge in [0.05, 0.1) is 23.2 Å². The van der Waals surface area contributed by atoms with Crippen LogP contribution in [-0.2, 0) is 16.6 Å². The summed E-state index contributed by atoms with van der Waals surface area (Å²) in [4.78, 5) is 17.6. The summed E-state index contributed by atoms with van der Waals surface area (Å²) >= 11 is 0. The van der Waals surface area contributed by atoms with Crippen molar-refractivity contribution in [3.8, 4) is 28.3 Å². The van der Waals surface area contributed by atoms with Gasteiger partial charge in [0, 0.05) is 41.6 Å². The van der Waals surface area contributed by atoms with Crippen LogP contribution in [0.25, 0.3) is 33.3 Å². The van der Waals surface area contributed by atoms with Crippen molar-refractivity contribution in [1.29, 1.82) is 0 Å². The van der Waals surface area contributed by atoms with Gasteiger partial charge in [-0.1, -0.05) is 18.2 Å². The van der Waals surface area contributed by atoms with Crippen molar-refractivity contribution in [1.82, 2.24) is 25.3 Å². The van der Waals surface area contributed by atoms with Gasteiger partial charge in [-0.15, -0.1) is 0 Å². The van der Waals surface area contributed by atoms with Crippen LogP contribution in [0, 0.1) is 0 Å². The molecule has 1 unspecified atom stereocenters. The number of hydrogen-bond donors (Lipinski definition) is 3. The van der Waals surface area contributed by atoms with Gasteiger partial charge in [-0.25, -0.2) is 23.4 Å². The molecule has 0 spiro atoms. The Hall–Kier alpha value is -4.45. The van der Waals surface area contributed by atoms with Crippen molar-refractivity contribution in [3.05, 3.63) is 90.6 Å². The summed E-state index contributed by atoms with van der Waals surface area (Å²) in [7, 11) is -2.61. The van der Waals surface area contributed by atoms with Crippen LogP contribution in [0.5, 0.6) is 5.88 Å².